The monoisotopic (exact) mass is 341 g/mol. The standard InChI is InChI=1S/C19H23N3O3/c23-18(15-22-9-5-4-8-19(22)24)20-12-17-14-21(10-11-25-17)13-16-6-2-1-3-7-16/h1-9,17H,10-15H2,(H,20,23). The average Bonchev–Trinajstić information content (AvgIpc) is 2.63. The van der Waals surface area contributed by atoms with E-state index in [2.05, 4.69) is 22.3 Å². The van der Waals surface area contributed by atoms with Crippen molar-refractivity contribution in [2.75, 3.05) is 26.2 Å². The van der Waals surface area contributed by atoms with Crippen LogP contribution < -0.4 is 10.9 Å². The SMILES string of the molecule is O=C(Cn1ccccc1=O)NCC1CN(Cc2ccccc2)CCO1. The first-order valence-electron chi connectivity index (χ1n) is 8.51. The number of morpholine rings is 1. The van der Waals surface area contributed by atoms with Crippen molar-refractivity contribution < 1.29 is 9.53 Å². The molecule has 132 valence electrons. The summed E-state index contributed by atoms with van der Waals surface area (Å²) in [6.07, 6.45) is 1.58. The number of ether oxygens (including phenoxy) is 1. The number of rotatable bonds is 6. The van der Waals surface area contributed by atoms with E-state index >= 15 is 0 Å². The Bertz CT molecular complexity index is 745. The first-order chi connectivity index (χ1) is 12.2. The van der Waals surface area contributed by atoms with Crippen molar-refractivity contribution in [3.8, 4) is 0 Å². The smallest absolute Gasteiger partial charge is 0.250 e. The molecule has 1 amide bonds. The van der Waals surface area contributed by atoms with Gasteiger partial charge in [0.1, 0.15) is 6.54 Å². The van der Waals surface area contributed by atoms with Gasteiger partial charge in [0, 0.05) is 38.4 Å². The largest absolute Gasteiger partial charge is 0.374 e. The van der Waals surface area contributed by atoms with Gasteiger partial charge in [0.05, 0.1) is 12.7 Å². The summed E-state index contributed by atoms with van der Waals surface area (Å²) < 4.78 is 7.13. The van der Waals surface area contributed by atoms with E-state index in [9.17, 15) is 9.59 Å². The zero-order valence-electron chi connectivity index (χ0n) is 14.1. The topological polar surface area (TPSA) is 63.6 Å². The summed E-state index contributed by atoms with van der Waals surface area (Å²) in [6.45, 7) is 3.69. The molecule has 1 aliphatic heterocycles. The predicted octanol–water partition coefficient (Wildman–Crippen LogP) is 0.865. The fourth-order valence-electron chi connectivity index (χ4n) is 2.92. The Kier molecular flexibility index (Phi) is 5.98. The zero-order valence-corrected chi connectivity index (χ0v) is 14.1. The lowest BCUT2D eigenvalue weighted by Crippen LogP contribution is -2.47. The van der Waals surface area contributed by atoms with E-state index < -0.39 is 0 Å². The van der Waals surface area contributed by atoms with Gasteiger partial charge in [-0.25, -0.2) is 0 Å². The first-order valence-corrected chi connectivity index (χ1v) is 8.51. The number of pyridine rings is 1. The molecule has 1 fully saturated rings. The van der Waals surface area contributed by atoms with Gasteiger partial charge >= 0.3 is 0 Å². The maximum atomic E-state index is 12.0. The summed E-state index contributed by atoms with van der Waals surface area (Å²) >= 11 is 0. The molecule has 2 heterocycles. The summed E-state index contributed by atoms with van der Waals surface area (Å²) in [6, 6.07) is 15.2. The average molecular weight is 341 g/mol. The van der Waals surface area contributed by atoms with Crippen LogP contribution >= 0.6 is 0 Å². The molecule has 1 aromatic carbocycles. The first kappa shape index (κ1) is 17.4. The minimum absolute atomic E-state index is 0.0279. The summed E-state index contributed by atoms with van der Waals surface area (Å²) in [5.41, 5.74) is 1.09. The van der Waals surface area contributed by atoms with Crippen LogP contribution in [0.1, 0.15) is 5.56 Å². The Morgan fingerprint density at radius 3 is 2.76 bits per heavy atom. The Hall–Kier alpha value is -2.44. The Balaban J connectivity index is 1.45. The normalized spacial score (nSPS) is 18.0. The maximum absolute atomic E-state index is 12.0. The molecule has 6 nitrogen and oxygen atoms in total. The van der Waals surface area contributed by atoms with Crippen molar-refractivity contribution in [1.29, 1.82) is 0 Å². The number of amides is 1. The molecule has 1 aliphatic rings. The highest BCUT2D eigenvalue weighted by Crippen LogP contribution is 2.10. The van der Waals surface area contributed by atoms with Gasteiger partial charge < -0.3 is 14.6 Å². The highest BCUT2D eigenvalue weighted by molar-refractivity contribution is 5.75. The third-order valence-corrected chi connectivity index (χ3v) is 4.21. The van der Waals surface area contributed by atoms with E-state index in [0.29, 0.717) is 13.2 Å². The third kappa shape index (κ3) is 5.27. The van der Waals surface area contributed by atoms with Crippen LogP contribution in [0.5, 0.6) is 0 Å². The summed E-state index contributed by atoms with van der Waals surface area (Å²) in [5.74, 6) is -0.183. The molecular formula is C19H23N3O3. The van der Waals surface area contributed by atoms with Crippen LogP contribution in [0.2, 0.25) is 0 Å². The number of carbonyl (C=O) groups is 1. The van der Waals surface area contributed by atoms with E-state index in [1.807, 2.05) is 18.2 Å². The highest BCUT2D eigenvalue weighted by atomic mass is 16.5. The number of nitrogens with zero attached hydrogens (tertiary/aromatic N) is 2. The Morgan fingerprint density at radius 2 is 1.96 bits per heavy atom. The van der Waals surface area contributed by atoms with E-state index in [4.69, 9.17) is 4.74 Å². The second-order valence-corrected chi connectivity index (χ2v) is 6.18. The molecule has 1 saturated heterocycles. The quantitative estimate of drug-likeness (QED) is 0.847. The molecule has 1 atom stereocenters. The number of nitrogens with one attached hydrogen (secondary N) is 1. The number of carbonyl (C=O) groups excluding carboxylic acids is 1. The lowest BCUT2D eigenvalue weighted by molar-refractivity contribution is -0.123. The number of hydrogen-bond donors (Lipinski definition) is 1. The molecule has 1 aromatic heterocycles. The van der Waals surface area contributed by atoms with Crippen molar-refractivity contribution in [3.63, 3.8) is 0 Å². The molecule has 2 aromatic rings. The molecule has 1 N–H and O–H groups in total. The van der Waals surface area contributed by atoms with Crippen molar-refractivity contribution in [3.05, 3.63) is 70.6 Å². The van der Waals surface area contributed by atoms with Crippen molar-refractivity contribution in [2.24, 2.45) is 0 Å². The molecule has 0 saturated carbocycles. The fourth-order valence-corrected chi connectivity index (χ4v) is 2.92. The van der Waals surface area contributed by atoms with E-state index in [1.165, 1.54) is 16.2 Å². The van der Waals surface area contributed by atoms with Gasteiger partial charge in [-0.15, -0.1) is 0 Å². The molecule has 25 heavy (non-hydrogen) atoms. The minimum Gasteiger partial charge on any atom is -0.374 e. The van der Waals surface area contributed by atoms with Crippen LogP contribution in [0.3, 0.4) is 0 Å². The molecule has 1 unspecified atom stereocenters. The predicted molar refractivity (Wildman–Crippen MR) is 95.2 cm³/mol. The third-order valence-electron chi connectivity index (χ3n) is 4.21. The Morgan fingerprint density at radius 1 is 1.16 bits per heavy atom. The van der Waals surface area contributed by atoms with Crippen LogP contribution in [-0.4, -0.2) is 47.7 Å². The zero-order chi connectivity index (χ0) is 17.5. The van der Waals surface area contributed by atoms with Crippen LogP contribution in [-0.2, 0) is 22.6 Å². The second kappa shape index (κ2) is 8.60. The van der Waals surface area contributed by atoms with E-state index in [1.54, 1.807) is 18.3 Å². The van der Waals surface area contributed by atoms with Crippen LogP contribution in [0.25, 0.3) is 0 Å². The van der Waals surface area contributed by atoms with Gasteiger partial charge in [-0.2, -0.15) is 0 Å². The maximum Gasteiger partial charge on any atom is 0.250 e. The minimum atomic E-state index is -0.183. The summed E-state index contributed by atoms with van der Waals surface area (Å²) in [4.78, 5) is 26.0. The summed E-state index contributed by atoms with van der Waals surface area (Å²) in [5, 5.41) is 2.86. The lowest BCUT2D eigenvalue weighted by Gasteiger charge is -2.33. The fraction of sp³-hybridized carbons (Fsp3) is 0.368. The molecule has 6 heteroatoms. The van der Waals surface area contributed by atoms with E-state index in [-0.39, 0.29) is 24.1 Å². The van der Waals surface area contributed by atoms with Gasteiger partial charge in [0.25, 0.3) is 5.56 Å². The molecule has 3 rings (SSSR count). The molecule has 0 spiro atoms. The highest BCUT2D eigenvalue weighted by Gasteiger charge is 2.21. The van der Waals surface area contributed by atoms with Gasteiger partial charge in [-0.3, -0.25) is 14.5 Å². The van der Waals surface area contributed by atoms with Crippen LogP contribution in [0.4, 0.5) is 0 Å². The summed E-state index contributed by atoms with van der Waals surface area (Å²) in [7, 11) is 0. The van der Waals surface area contributed by atoms with Crippen LogP contribution in [0.15, 0.2) is 59.5 Å². The Labute approximate surface area is 147 Å². The molecule has 0 aliphatic carbocycles. The van der Waals surface area contributed by atoms with Gasteiger partial charge in [-0.1, -0.05) is 36.4 Å². The van der Waals surface area contributed by atoms with Crippen molar-refractivity contribution in [2.45, 2.75) is 19.2 Å². The van der Waals surface area contributed by atoms with Crippen molar-refractivity contribution >= 4 is 5.91 Å². The number of aromatic nitrogens is 1. The number of benzene rings is 1. The molecule has 0 bridgehead atoms. The molecular weight excluding hydrogens is 318 g/mol. The lowest BCUT2D eigenvalue weighted by atomic mass is 10.2. The molecule has 0 radical (unpaired) electrons. The second-order valence-electron chi connectivity index (χ2n) is 6.18. The van der Waals surface area contributed by atoms with Crippen LogP contribution in [0, 0.1) is 0 Å². The van der Waals surface area contributed by atoms with Gasteiger partial charge in [-0.05, 0) is 11.6 Å². The van der Waals surface area contributed by atoms with Crippen molar-refractivity contribution in [1.82, 2.24) is 14.8 Å². The van der Waals surface area contributed by atoms with Gasteiger partial charge in [0.15, 0.2) is 0 Å². The number of hydrogen-bond acceptors (Lipinski definition) is 4. The van der Waals surface area contributed by atoms with Gasteiger partial charge in [0.2, 0.25) is 5.91 Å². The van der Waals surface area contributed by atoms with E-state index in [0.717, 1.165) is 19.6 Å².